The van der Waals surface area contributed by atoms with Crippen molar-refractivity contribution in [3.63, 3.8) is 0 Å². The zero-order valence-electron chi connectivity index (χ0n) is 15.4. The Kier molecular flexibility index (Phi) is 5.54. The summed E-state index contributed by atoms with van der Waals surface area (Å²) in [6.07, 6.45) is 1.49. The quantitative estimate of drug-likeness (QED) is 0.791. The molecule has 1 aliphatic rings. The number of nitrogens with zero attached hydrogens (tertiary/aromatic N) is 4. The van der Waals surface area contributed by atoms with Gasteiger partial charge in [0.15, 0.2) is 5.82 Å². The first-order valence-electron chi connectivity index (χ1n) is 8.77. The highest BCUT2D eigenvalue weighted by atomic mass is 32.1. The third kappa shape index (κ3) is 4.27. The smallest absolute Gasteiger partial charge is 0.229 e. The molecule has 0 radical (unpaired) electrons. The van der Waals surface area contributed by atoms with Crippen LogP contribution in [0.15, 0.2) is 16.0 Å². The number of carbonyl (C=O) groups excluding carboxylic acids is 1. The van der Waals surface area contributed by atoms with Crippen molar-refractivity contribution in [1.82, 2.24) is 19.9 Å². The molecule has 3 rings (SSSR count). The molecular weight excluding hydrogens is 336 g/mol. The van der Waals surface area contributed by atoms with Crippen molar-refractivity contribution in [2.24, 2.45) is 0 Å². The highest BCUT2D eigenvalue weighted by Crippen LogP contribution is 2.20. The van der Waals surface area contributed by atoms with E-state index in [0.29, 0.717) is 30.7 Å². The maximum atomic E-state index is 12.5. The molecule has 2 aromatic rings. The molecule has 0 aliphatic carbocycles. The highest BCUT2D eigenvalue weighted by molar-refractivity contribution is 7.10. The number of hydrogen-bond donors (Lipinski definition) is 0. The van der Waals surface area contributed by atoms with Crippen LogP contribution in [0, 0.1) is 6.92 Å². The maximum Gasteiger partial charge on any atom is 0.229 e. The van der Waals surface area contributed by atoms with Crippen molar-refractivity contribution >= 4 is 17.2 Å². The lowest BCUT2D eigenvalue weighted by molar-refractivity contribution is -0.129. The van der Waals surface area contributed by atoms with E-state index in [1.165, 1.54) is 4.88 Å². The van der Waals surface area contributed by atoms with Crippen LogP contribution in [0.5, 0.6) is 0 Å². The molecule has 136 valence electrons. The van der Waals surface area contributed by atoms with Gasteiger partial charge in [0.1, 0.15) is 0 Å². The van der Waals surface area contributed by atoms with Crippen LogP contribution >= 0.6 is 11.3 Å². The minimum absolute atomic E-state index is 0.221. The van der Waals surface area contributed by atoms with Crippen molar-refractivity contribution in [2.75, 3.05) is 20.1 Å². The molecule has 1 fully saturated rings. The summed E-state index contributed by atoms with van der Waals surface area (Å²) in [6.45, 7) is 8.39. The van der Waals surface area contributed by atoms with Gasteiger partial charge in [-0.2, -0.15) is 4.98 Å². The van der Waals surface area contributed by atoms with Gasteiger partial charge in [-0.3, -0.25) is 9.69 Å². The molecule has 0 bridgehead atoms. The number of amides is 1. The van der Waals surface area contributed by atoms with Crippen molar-refractivity contribution in [1.29, 1.82) is 0 Å². The SMILES string of the molecule is Cc1sccc1CC(=O)N1CCC(N(C)Cc2noc(C(C)C)n2)C1. The largest absolute Gasteiger partial charge is 0.341 e. The Morgan fingerprint density at radius 2 is 2.32 bits per heavy atom. The van der Waals surface area contributed by atoms with Gasteiger partial charge in [0, 0.05) is 29.9 Å². The average Bonchev–Trinajstić information content (AvgIpc) is 3.28. The van der Waals surface area contributed by atoms with Gasteiger partial charge in [-0.05, 0) is 37.4 Å². The van der Waals surface area contributed by atoms with E-state index in [9.17, 15) is 4.79 Å². The lowest BCUT2D eigenvalue weighted by atomic mass is 10.2. The van der Waals surface area contributed by atoms with Crippen molar-refractivity contribution < 1.29 is 9.32 Å². The molecule has 1 unspecified atom stereocenters. The van der Waals surface area contributed by atoms with Gasteiger partial charge in [0.05, 0.1) is 13.0 Å². The number of hydrogen-bond acceptors (Lipinski definition) is 6. The summed E-state index contributed by atoms with van der Waals surface area (Å²) in [7, 11) is 2.06. The number of rotatable bonds is 6. The van der Waals surface area contributed by atoms with Gasteiger partial charge in [-0.1, -0.05) is 19.0 Å². The Hall–Kier alpha value is -1.73. The maximum absolute atomic E-state index is 12.5. The Labute approximate surface area is 152 Å². The van der Waals surface area contributed by atoms with Gasteiger partial charge in [0.2, 0.25) is 11.8 Å². The molecule has 1 atom stereocenters. The van der Waals surface area contributed by atoms with Crippen molar-refractivity contribution in [3.8, 4) is 0 Å². The Morgan fingerprint density at radius 3 is 2.96 bits per heavy atom. The fourth-order valence-corrected chi connectivity index (χ4v) is 3.84. The fraction of sp³-hybridized carbons (Fsp3) is 0.611. The summed E-state index contributed by atoms with van der Waals surface area (Å²) in [5.74, 6) is 1.85. The summed E-state index contributed by atoms with van der Waals surface area (Å²) in [4.78, 5) is 22.4. The zero-order valence-corrected chi connectivity index (χ0v) is 16.2. The van der Waals surface area contributed by atoms with Crippen LogP contribution in [-0.4, -0.2) is 52.0 Å². The van der Waals surface area contributed by atoms with E-state index in [1.54, 1.807) is 11.3 Å². The van der Waals surface area contributed by atoms with Crippen LogP contribution < -0.4 is 0 Å². The van der Waals surface area contributed by atoms with Crippen molar-refractivity contribution in [3.05, 3.63) is 33.6 Å². The minimum Gasteiger partial charge on any atom is -0.341 e. The van der Waals surface area contributed by atoms with Gasteiger partial charge in [-0.25, -0.2) is 0 Å². The predicted molar refractivity (Wildman–Crippen MR) is 97.6 cm³/mol. The van der Waals surface area contributed by atoms with E-state index in [2.05, 4.69) is 40.5 Å². The topological polar surface area (TPSA) is 62.5 Å². The van der Waals surface area contributed by atoms with Crippen LogP contribution in [0.1, 0.15) is 48.3 Å². The van der Waals surface area contributed by atoms with Gasteiger partial charge in [-0.15, -0.1) is 11.3 Å². The van der Waals surface area contributed by atoms with E-state index in [-0.39, 0.29) is 11.8 Å². The van der Waals surface area contributed by atoms with Gasteiger partial charge in [0.25, 0.3) is 0 Å². The Balaban J connectivity index is 1.52. The normalized spacial score (nSPS) is 17.8. The third-order valence-electron chi connectivity index (χ3n) is 4.82. The van der Waals surface area contributed by atoms with Crippen LogP contribution in [0.2, 0.25) is 0 Å². The summed E-state index contributed by atoms with van der Waals surface area (Å²) < 4.78 is 5.27. The van der Waals surface area contributed by atoms with Crippen molar-refractivity contribution in [2.45, 2.75) is 52.1 Å². The Morgan fingerprint density at radius 1 is 1.52 bits per heavy atom. The summed E-state index contributed by atoms with van der Waals surface area (Å²) >= 11 is 1.70. The summed E-state index contributed by atoms with van der Waals surface area (Å²) in [6, 6.07) is 2.40. The number of aromatic nitrogens is 2. The summed E-state index contributed by atoms with van der Waals surface area (Å²) in [5, 5.41) is 6.11. The first-order valence-corrected chi connectivity index (χ1v) is 9.65. The van der Waals surface area contributed by atoms with Crippen LogP contribution in [0.3, 0.4) is 0 Å². The zero-order chi connectivity index (χ0) is 18.0. The molecular formula is C18H26N4O2S. The lowest BCUT2D eigenvalue weighted by Crippen LogP contribution is -2.37. The second-order valence-corrected chi connectivity index (χ2v) is 8.20. The average molecular weight is 362 g/mol. The molecule has 1 aliphatic heterocycles. The number of carbonyl (C=O) groups is 1. The molecule has 0 N–H and O–H groups in total. The van der Waals surface area contributed by atoms with E-state index in [0.717, 1.165) is 25.1 Å². The number of likely N-dealkylation sites (N-methyl/N-ethyl adjacent to an activating group) is 1. The number of aryl methyl sites for hydroxylation is 1. The second kappa shape index (κ2) is 7.66. The molecule has 0 spiro atoms. The molecule has 0 aromatic carbocycles. The molecule has 0 saturated carbocycles. The first-order chi connectivity index (χ1) is 11.9. The second-order valence-electron chi connectivity index (χ2n) is 7.08. The van der Waals surface area contributed by atoms with Crippen LogP contribution in [-0.2, 0) is 17.8 Å². The number of likely N-dealkylation sites (tertiary alicyclic amines) is 1. The fourth-order valence-electron chi connectivity index (χ4n) is 3.12. The number of thiophene rings is 1. The van der Waals surface area contributed by atoms with E-state index < -0.39 is 0 Å². The monoisotopic (exact) mass is 362 g/mol. The van der Waals surface area contributed by atoms with E-state index in [1.807, 2.05) is 18.7 Å². The molecule has 1 amide bonds. The highest BCUT2D eigenvalue weighted by Gasteiger charge is 2.29. The molecule has 2 aromatic heterocycles. The standard InChI is InChI=1S/C18H26N4O2S/c1-12(2)18-19-16(20-24-18)11-21(4)15-5-7-22(10-15)17(23)9-14-6-8-25-13(14)3/h6,8,12,15H,5,7,9-11H2,1-4H3. The molecule has 3 heterocycles. The van der Waals surface area contributed by atoms with Gasteiger partial charge >= 0.3 is 0 Å². The minimum atomic E-state index is 0.221. The van der Waals surface area contributed by atoms with Crippen LogP contribution in [0.4, 0.5) is 0 Å². The Bertz CT molecular complexity index is 724. The molecule has 6 nitrogen and oxygen atoms in total. The molecule has 1 saturated heterocycles. The lowest BCUT2D eigenvalue weighted by Gasteiger charge is -2.23. The van der Waals surface area contributed by atoms with E-state index >= 15 is 0 Å². The van der Waals surface area contributed by atoms with Gasteiger partial charge < -0.3 is 9.42 Å². The predicted octanol–water partition coefficient (Wildman–Crippen LogP) is 2.84. The molecule has 7 heteroatoms. The summed E-state index contributed by atoms with van der Waals surface area (Å²) in [5.41, 5.74) is 1.15. The van der Waals surface area contributed by atoms with E-state index in [4.69, 9.17) is 4.52 Å². The third-order valence-corrected chi connectivity index (χ3v) is 5.70. The first kappa shape index (κ1) is 18.1. The molecule has 25 heavy (non-hydrogen) atoms. The van der Waals surface area contributed by atoms with Crippen LogP contribution in [0.25, 0.3) is 0 Å².